The maximum Gasteiger partial charge on any atom is 0.320 e. The molecule has 2 N–H and O–H groups in total. The number of carboxylic acids is 1. The van der Waals surface area contributed by atoms with Gasteiger partial charge in [-0.1, -0.05) is 49.8 Å². The Labute approximate surface area is 101 Å². The fourth-order valence-electron chi connectivity index (χ4n) is 2.18. The summed E-state index contributed by atoms with van der Waals surface area (Å²) < 4.78 is 0. The van der Waals surface area contributed by atoms with E-state index < -0.39 is 12.0 Å². The van der Waals surface area contributed by atoms with Crippen LogP contribution < -0.4 is 5.32 Å². The maximum atomic E-state index is 11.1. The Hall–Kier alpha value is -1.61. The predicted octanol–water partition coefficient (Wildman–Crippen LogP) is 2.60. The molecular weight excluding hydrogens is 214 g/mol. The molecule has 0 aromatic heterocycles. The second-order valence-corrected chi connectivity index (χ2v) is 4.31. The first kappa shape index (κ1) is 11.9. The molecule has 1 aliphatic carbocycles. The standard InChI is InChI=1S/C14H17NO2/c1-2-5-13(14(16)17)15-12-9-8-10-6-3-4-7-11(10)12/h3-4,6-9,12-13,15H,2,5H2,1H3,(H,16,17)/t12-,13-/m1/s1. The molecule has 2 atom stereocenters. The average molecular weight is 231 g/mol. The molecule has 0 saturated carbocycles. The molecule has 0 unspecified atom stereocenters. The molecule has 1 aliphatic rings. The highest BCUT2D eigenvalue weighted by Crippen LogP contribution is 2.28. The fourth-order valence-corrected chi connectivity index (χ4v) is 2.18. The van der Waals surface area contributed by atoms with Crippen LogP contribution in [0.4, 0.5) is 0 Å². The molecule has 0 fully saturated rings. The number of carboxylic acid groups (broad SMARTS) is 1. The van der Waals surface area contributed by atoms with Crippen LogP contribution in [0.15, 0.2) is 30.3 Å². The number of rotatable bonds is 5. The summed E-state index contributed by atoms with van der Waals surface area (Å²) in [5, 5.41) is 12.3. The van der Waals surface area contributed by atoms with Crippen molar-refractivity contribution in [1.82, 2.24) is 5.32 Å². The number of fused-ring (bicyclic) bond motifs is 1. The minimum absolute atomic E-state index is 0.0267. The summed E-state index contributed by atoms with van der Waals surface area (Å²) in [4.78, 5) is 11.1. The number of benzene rings is 1. The van der Waals surface area contributed by atoms with Crippen molar-refractivity contribution in [2.75, 3.05) is 0 Å². The van der Waals surface area contributed by atoms with Crippen LogP contribution in [0.3, 0.4) is 0 Å². The Morgan fingerprint density at radius 3 is 2.94 bits per heavy atom. The summed E-state index contributed by atoms with van der Waals surface area (Å²) >= 11 is 0. The van der Waals surface area contributed by atoms with Crippen molar-refractivity contribution in [3.05, 3.63) is 41.5 Å². The Bertz CT molecular complexity index is 440. The molecule has 0 radical (unpaired) electrons. The van der Waals surface area contributed by atoms with Gasteiger partial charge in [-0.25, -0.2) is 0 Å². The van der Waals surface area contributed by atoms with Gasteiger partial charge < -0.3 is 5.11 Å². The molecule has 1 aromatic carbocycles. The van der Waals surface area contributed by atoms with Gasteiger partial charge in [0.25, 0.3) is 0 Å². The lowest BCUT2D eigenvalue weighted by molar-refractivity contribution is -0.139. The average Bonchev–Trinajstić information content (AvgIpc) is 2.72. The van der Waals surface area contributed by atoms with Crippen molar-refractivity contribution in [3.63, 3.8) is 0 Å². The van der Waals surface area contributed by atoms with Gasteiger partial charge in [0.15, 0.2) is 0 Å². The zero-order valence-corrected chi connectivity index (χ0v) is 9.89. The van der Waals surface area contributed by atoms with E-state index in [1.807, 2.05) is 43.3 Å². The van der Waals surface area contributed by atoms with Gasteiger partial charge in [0.2, 0.25) is 0 Å². The fraction of sp³-hybridized carbons (Fsp3) is 0.357. The van der Waals surface area contributed by atoms with Gasteiger partial charge in [-0.05, 0) is 17.5 Å². The normalized spacial score (nSPS) is 19.0. The van der Waals surface area contributed by atoms with E-state index in [2.05, 4.69) is 5.32 Å². The van der Waals surface area contributed by atoms with Gasteiger partial charge >= 0.3 is 5.97 Å². The van der Waals surface area contributed by atoms with Crippen molar-refractivity contribution in [1.29, 1.82) is 0 Å². The summed E-state index contributed by atoms with van der Waals surface area (Å²) in [6.07, 6.45) is 5.58. The van der Waals surface area contributed by atoms with Gasteiger partial charge in [-0.3, -0.25) is 10.1 Å². The molecule has 2 rings (SSSR count). The molecule has 1 aromatic rings. The van der Waals surface area contributed by atoms with E-state index in [0.717, 1.165) is 12.0 Å². The van der Waals surface area contributed by atoms with E-state index in [9.17, 15) is 4.79 Å². The summed E-state index contributed by atoms with van der Waals surface area (Å²) in [6, 6.07) is 7.61. The first-order valence-corrected chi connectivity index (χ1v) is 5.98. The molecule has 0 spiro atoms. The smallest absolute Gasteiger partial charge is 0.320 e. The first-order valence-electron chi connectivity index (χ1n) is 5.98. The Morgan fingerprint density at radius 1 is 1.47 bits per heavy atom. The molecule has 3 nitrogen and oxygen atoms in total. The highest BCUT2D eigenvalue weighted by molar-refractivity contribution is 5.74. The van der Waals surface area contributed by atoms with Gasteiger partial charge in [-0.15, -0.1) is 0 Å². The summed E-state index contributed by atoms with van der Waals surface area (Å²) in [6.45, 7) is 2.00. The Kier molecular flexibility index (Phi) is 3.59. The van der Waals surface area contributed by atoms with E-state index >= 15 is 0 Å². The van der Waals surface area contributed by atoms with E-state index in [1.165, 1.54) is 5.56 Å². The van der Waals surface area contributed by atoms with E-state index in [-0.39, 0.29) is 6.04 Å². The molecule has 0 saturated heterocycles. The van der Waals surface area contributed by atoms with Crippen LogP contribution >= 0.6 is 0 Å². The lowest BCUT2D eigenvalue weighted by Crippen LogP contribution is -2.38. The number of hydrogen-bond donors (Lipinski definition) is 2. The van der Waals surface area contributed by atoms with Crippen LogP contribution in [0, 0.1) is 0 Å². The minimum Gasteiger partial charge on any atom is -0.480 e. The molecule has 90 valence electrons. The topological polar surface area (TPSA) is 49.3 Å². The monoisotopic (exact) mass is 231 g/mol. The molecule has 0 heterocycles. The second kappa shape index (κ2) is 5.15. The predicted molar refractivity (Wildman–Crippen MR) is 67.7 cm³/mol. The molecular formula is C14H17NO2. The quantitative estimate of drug-likeness (QED) is 0.819. The lowest BCUT2D eigenvalue weighted by atomic mass is 10.1. The van der Waals surface area contributed by atoms with Crippen LogP contribution in [0.1, 0.15) is 36.9 Å². The molecule has 0 aliphatic heterocycles. The number of carbonyl (C=O) groups is 1. The van der Waals surface area contributed by atoms with Crippen LogP contribution in [0.25, 0.3) is 6.08 Å². The summed E-state index contributed by atoms with van der Waals surface area (Å²) in [5.74, 6) is -0.773. The summed E-state index contributed by atoms with van der Waals surface area (Å²) in [7, 11) is 0. The number of aliphatic carboxylic acids is 1. The highest BCUT2D eigenvalue weighted by Gasteiger charge is 2.23. The van der Waals surface area contributed by atoms with Crippen molar-refractivity contribution in [2.24, 2.45) is 0 Å². The Morgan fingerprint density at radius 2 is 2.24 bits per heavy atom. The van der Waals surface area contributed by atoms with E-state index in [1.54, 1.807) is 0 Å². The lowest BCUT2D eigenvalue weighted by Gasteiger charge is -2.19. The largest absolute Gasteiger partial charge is 0.480 e. The third kappa shape index (κ3) is 2.56. The van der Waals surface area contributed by atoms with Crippen molar-refractivity contribution >= 4 is 12.0 Å². The van der Waals surface area contributed by atoms with E-state index in [4.69, 9.17) is 5.11 Å². The van der Waals surface area contributed by atoms with Crippen LogP contribution in [-0.4, -0.2) is 17.1 Å². The van der Waals surface area contributed by atoms with Gasteiger partial charge in [0.05, 0.1) is 6.04 Å². The SMILES string of the molecule is CCC[C@@H](N[C@@H]1C=Cc2ccccc21)C(=O)O. The van der Waals surface area contributed by atoms with Crippen molar-refractivity contribution in [3.8, 4) is 0 Å². The minimum atomic E-state index is -0.773. The van der Waals surface area contributed by atoms with Gasteiger partial charge in [0, 0.05) is 0 Å². The molecule has 17 heavy (non-hydrogen) atoms. The number of nitrogens with one attached hydrogen (secondary N) is 1. The molecule has 0 bridgehead atoms. The maximum absolute atomic E-state index is 11.1. The third-order valence-corrected chi connectivity index (χ3v) is 3.06. The van der Waals surface area contributed by atoms with Gasteiger partial charge in [-0.2, -0.15) is 0 Å². The third-order valence-electron chi connectivity index (χ3n) is 3.06. The Balaban J connectivity index is 2.10. The van der Waals surface area contributed by atoms with E-state index in [0.29, 0.717) is 6.42 Å². The van der Waals surface area contributed by atoms with Crippen molar-refractivity contribution in [2.45, 2.75) is 31.8 Å². The zero-order chi connectivity index (χ0) is 12.3. The van der Waals surface area contributed by atoms with Crippen LogP contribution in [0.2, 0.25) is 0 Å². The summed E-state index contributed by atoms with van der Waals surface area (Å²) in [5.41, 5.74) is 2.33. The van der Waals surface area contributed by atoms with Crippen LogP contribution in [0.5, 0.6) is 0 Å². The number of hydrogen-bond acceptors (Lipinski definition) is 2. The zero-order valence-electron chi connectivity index (χ0n) is 9.89. The second-order valence-electron chi connectivity index (χ2n) is 4.31. The van der Waals surface area contributed by atoms with Crippen molar-refractivity contribution < 1.29 is 9.90 Å². The molecule has 3 heteroatoms. The van der Waals surface area contributed by atoms with Crippen LogP contribution in [-0.2, 0) is 4.79 Å². The molecule has 0 amide bonds. The van der Waals surface area contributed by atoms with Gasteiger partial charge in [0.1, 0.15) is 6.04 Å². The first-order chi connectivity index (χ1) is 8.22. The highest BCUT2D eigenvalue weighted by atomic mass is 16.4.